The van der Waals surface area contributed by atoms with Gasteiger partial charge in [-0.05, 0) is 44.2 Å². The minimum atomic E-state index is -0.486. The van der Waals surface area contributed by atoms with Gasteiger partial charge in [-0.1, -0.05) is 11.8 Å². The van der Waals surface area contributed by atoms with Crippen LogP contribution in [0.25, 0.3) is 5.82 Å². The van der Waals surface area contributed by atoms with Crippen molar-refractivity contribution in [2.24, 2.45) is 0 Å². The number of methoxy groups -OCH3 is 1. The molecule has 0 aromatic carbocycles. The summed E-state index contributed by atoms with van der Waals surface area (Å²) in [5.74, 6) is 1.60. The Morgan fingerprint density at radius 1 is 1.25 bits per heavy atom. The SMILES string of the molecule is COC(=O)c1ccc(CSc2ccc(-n3nc(C)cc3C)nn2)o1. The van der Waals surface area contributed by atoms with Crippen LogP contribution in [-0.2, 0) is 10.5 Å². The monoisotopic (exact) mass is 344 g/mol. The van der Waals surface area contributed by atoms with Crippen LogP contribution in [-0.4, -0.2) is 33.1 Å². The van der Waals surface area contributed by atoms with Crippen molar-refractivity contribution in [1.82, 2.24) is 20.0 Å². The zero-order valence-corrected chi connectivity index (χ0v) is 14.3. The van der Waals surface area contributed by atoms with Crippen molar-refractivity contribution >= 4 is 17.7 Å². The molecule has 7 nitrogen and oxygen atoms in total. The number of carbonyl (C=O) groups is 1. The van der Waals surface area contributed by atoms with E-state index < -0.39 is 5.97 Å². The average Bonchev–Trinajstić information content (AvgIpc) is 3.19. The number of ether oxygens (including phenoxy) is 1. The van der Waals surface area contributed by atoms with Crippen LogP contribution in [0.1, 0.15) is 27.7 Å². The molecular weight excluding hydrogens is 328 g/mol. The van der Waals surface area contributed by atoms with Crippen molar-refractivity contribution in [3.63, 3.8) is 0 Å². The van der Waals surface area contributed by atoms with Crippen molar-refractivity contribution in [2.45, 2.75) is 24.6 Å². The van der Waals surface area contributed by atoms with Crippen LogP contribution in [0.5, 0.6) is 0 Å². The van der Waals surface area contributed by atoms with Gasteiger partial charge in [0.1, 0.15) is 10.8 Å². The van der Waals surface area contributed by atoms with E-state index in [1.54, 1.807) is 16.8 Å². The number of thioether (sulfide) groups is 1. The van der Waals surface area contributed by atoms with Crippen molar-refractivity contribution < 1.29 is 13.9 Å². The molecule has 0 fully saturated rings. The van der Waals surface area contributed by atoms with Crippen molar-refractivity contribution in [3.8, 4) is 5.82 Å². The molecule has 0 radical (unpaired) electrons. The minimum Gasteiger partial charge on any atom is -0.463 e. The number of aromatic nitrogens is 4. The number of furan rings is 1. The van der Waals surface area contributed by atoms with Crippen molar-refractivity contribution in [2.75, 3.05) is 7.11 Å². The lowest BCUT2D eigenvalue weighted by atomic mass is 10.4. The fourth-order valence-electron chi connectivity index (χ4n) is 2.17. The van der Waals surface area contributed by atoms with E-state index in [0.717, 1.165) is 16.4 Å². The minimum absolute atomic E-state index is 0.194. The summed E-state index contributed by atoms with van der Waals surface area (Å²) in [5, 5.41) is 13.5. The molecule has 0 N–H and O–H groups in total. The van der Waals surface area contributed by atoms with Gasteiger partial charge in [-0.3, -0.25) is 0 Å². The summed E-state index contributed by atoms with van der Waals surface area (Å²) in [6.07, 6.45) is 0. The van der Waals surface area contributed by atoms with E-state index in [-0.39, 0.29) is 5.76 Å². The molecule has 124 valence electrons. The molecule has 3 heterocycles. The summed E-state index contributed by atoms with van der Waals surface area (Å²) in [4.78, 5) is 11.3. The highest BCUT2D eigenvalue weighted by Gasteiger charge is 2.12. The molecule has 0 atom stereocenters. The highest BCUT2D eigenvalue weighted by atomic mass is 32.2. The molecule has 8 heteroatoms. The quantitative estimate of drug-likeness (QED) is 0.520. The fraction of sp³-hybridized carbons (Fsp3) is 0.250. The Balaban J connectivity index is 1.65. The van der Waals surface area contributed by atoms with Crippen LogP contribution >= 0.6 is 11.8 Å². The maximum Gasteiger partial charge on any atom is 0.373 e. The zero-order valence-electron chi connectivity index (χ0n) is 13.5. The van der Waals surface area contributed by atoms with Gasteiger partial charge in [0.2, 0.25) is 5.76 Å². The summed E-state index contributed by atoms with van der Waals surface area (Å²) in [6, 6.07) is 9.08. The largest absolute Gasteiger partial charge is 0.463 e. The Hall–Kier alpha value is -2.61. The van der Waals surface area contributed by atoms with Gasteiger partial charge < -0.3 is 9.15 Å². The Kier molecular flexibility index (Phi) is 4.66. The first-order chi connectivity index (χ1) is 11.6. The molecule has 24 heavy (non-hydrogen) atoms. The van der Waals surface area contributed by atoms with Crippen molar-refractivity contribution in [3.05, 3.63) is 53.2 Å². The van der Waals surface area contributed by atoms with Gasteiger partial charge >= 0.3 is 5.97 Å². The van der Waals surface area contributed by atoms with Crippen LogP contribution in [0.2, 0.25) is 0 Å². The molecular formula is C16H16N4O3S. The summed E-state index contributed by atoms with van der Waals surface area (Å²) < 4.78 is 11.8. The van der Waals surface area contributed by atoms with Crippen LogP contribution in [0.4, 0.5) is 0 Å². The Bertz CT molecular complexity index is 855. The maximum atomic E-state index is 11.3. The van der Waals surface area contributed by atoms with E-state index in [1.165, 1.54) is 18.9 Å². The lowest BCUT2D eigenvalue weighted by Crippen LogP contribution is -2.03. The number of rotatable bonds is 5. The van der Waals surface area contributed by atoms with Gasteiger partial charge in [0.25, 0.3) is 0 Å². The normalized spacial score (nSPS) is 10.8. The molecule has 0 bridgehead atoms. The molecule has 0 aliphatic carbocycles. The standard InChI is InChI=1S/C16H16N4O3S/c1-10-8-11(2)20(19-10)14-6-7-15(18-17-14)24-9-12-4-5-13(23-12)16(21)22-3/h4-8H,9H2,1-3H3. The van der Waals surface area contributed by atoms with E-state index in [9.17, 15) is 4.79 Å². The number of hydrogen-bond acceptors (Lipinski definition) is 7. The first-order valence-electron chi connectivity index (χ1n) is 7.24. The highest BCUT2D eigenvalue weighted by Crippen LogP contribution is 2.22. The summed E-state index contributed by atoms with van der Waals surface area (Å²) in [5.41, 5.74) is 1.94. The third-order valence-electron chi connectivity index (χ3n) is 3.26. The number of carbonyl (C=O) groups excluding carboxylic acids is 1. The fourth-order valence-corrected chi connectivity index (χ4v) is 2.88. The Morgan fingerprint density at radius 3 is 2.71 bits per heavy atom. The summed E-state index contributed by atoms with van der Waals surface area (Å²) in [6.45, 7) is 3.91. The smallest absolute Gasteiger partial charge is 0.373 e. The first-order valence-corrected chi connectivity index (χ1v) is 8.22. The summed E-state index contributed by atoms with van der Waals surface area (Å²) in [7, 11) is 1.32. The zero-order chi connectivity index (χ0) is 17.1. The Morgan fingerprint density at radius 2 is 2.08 bits per heavy atom. The molecule has 3 aromatic heterocycles. The van der Waals surface area contributed by atoms with Crippen LogP contribution < -0.4 is 0 Å². The molecule has 0 aliphatic rings. The van der Waals surface area contributed by atoms with E-state index in [1.807, 2.05) is 32.0 Å². The third kappa shape index (κ3) is 3.48. The lowest BCUT2D eigenvalue weighted by molar-refractivity contribution is 0.0563. The molecule has 0 saturated heterocycles. The lowest BCUT2D eigenvalue weighted by Gasteiger charge is -2.03. The second kappa shape index (κ2) is 6.88. The number of nitrogens with zero attached hydrogens (tertiary/aromatic N) is 4. The van der Waals surface area contributed by atoms with E-state index in [4.69, 9.17) is 4.42 Å². The molecule has 0 aliphatic heterocycles. The molecule has 0 spiro atoms. The molecule has 0 unspecified atom stereocenters. The second-order valence-corrected chi connectivity index (χ2v) is 6.11. The Labute approximate surface area is 143 Å². The van der Waals surface area contributed by atoms with Gasteiger partial charge in [-0.15, -0.1) is 10.2 Å². The van der Waals surface area contributed by atoms with E-state index in [2.05, 4.69) is 20.0 Å². The highest BCUT2D eigenvalue weighted by molar-refractivity contribution is 7.98. The van der Waals surface area contributed by atoms with E-state index in [0.29, 0.717) is 17.3 Å². The van der Waals surface area contributed by atoms with Gasteiger partial charge in [0.05, 0.1) is 18.6 Å². The third-order valence-corrected chi connectivity index (χ3v) is 4.21. The number of aryl methyl sites for hydroxylation is 2. The maximum absolute atomic E-state index is 11.3. The van der Waals surface area contributed by atoms with Crippen molar-refractivity contribution in [1.29, 1.82) is 0 Å². The molecule has 3 rings (SSSR count). The average molecular weight is 344 g/mol. The predicted octanol–water partition coefficient (Wildman–Crippen LogP) is 2.95. The van der Waals surface area contributed by atoms with Crippen LogP contribution in [0, 0.1) is 13.8 Å². The molecule has 0 amide bonds. The second-order valence-electron chi connectivity index (χ2n) is 5.11. The number of esters is 1. The van der Waals surface area contributed by atoms with Crippen LogP contribution in [0.15, 0.2) is 39.8 Å². The summed E-state index contributed by atoms with van der Waals surface area (Å²) >= 11 is 1.47. The molecule has 0 saturated carbocycles. The van der Waals surface area contributed by atoms with E-state index >= 15 is 0 Å². The van der Waals surface area contributed by atoms with Crippen LogP contribution in [0.3, 0.4) is 0 Å². The van der Waals surface area contributed by atoms with Gasteiger partial charge in [0, 0.05) is 5.69 Å². The molecule has 3 aromatic rings. The van der Waals surface area contributed by atoms with Gasteiger partial charge in [0.15, 0.2) is 5.82 Å². The predicted molar refractivity (Wildman–Crippen MR) is 88.2 cm³/mol. The number of hydrogen-bond donors (Lipinski definition) is 0. The van der Waals surface area contributed by atoms with Gasteiger partial charge in [-0.25, -0.2) is 9.48 Å². The van der Waals surface area contributed by atoms with Gasteiger partial charge in [-0.2, -0.15) is 5.10 Å². The topological polar surface area (TPSA) is 83.0 Å². The first kappa shape index (κ1) is 16.3.